The van der Waals surface area contributed by atoms with Crippen molar-refractivity contribution in [3.63, 3.8) is 0 Å². The first-order chi connectivity index (χ1) is 16.2. The van der Waals surface area contributed by atoms with Crippen molar-refractivity contribution in [2.24, 2.45) is 5.92 Å². The van der Waals surface area contributed by atoms with Gasteiger partial charge in [0.05, 0.1) is 12.2 Å². The molecule has 8 nitrogen and oxygen atoms in total. The average Bonchev–Trinajstić information content (AvgIpc) is 2.80. The molecule has 0 radical (unpaired) electrons. The Labute approximate surface area is 199 Å². The minimum absolute atomic E-state index is 0.00999. The largest absolute Gasteiger partial charge is 0.463 e. The molecule has 0 atom stereocenters. The quantitative estimate of drug-likeness (QED) is 0.640. The van der Waals surface area contributed by atoms with Gasteiger partial charge in [0.15, 0.2) is 0 Å². The molecule has 0 bridgehead atoms. The number of piperidine rings is 1. The lowest BCUT2D eigenvalue weighted by Crippen LogP contribution is -2.42. The van der Waals surface area contributed by atoms with Gasteiger partial charge in [0.25, 0.3) is 5.91 Å². The summed E-state index contributed by atoms with van der Waals surface area (Å²) < 4.78 is 25.6. The number of ether oxygens (including phenoxy) is 2. The van der Waals surface area contributed by atoms with Crippen LogP contribution in [0.1, 0.15) is 57.3 Å². The summed E-state index contributed by atoms with van der Waals surface area (Å²) in [5.74, 6) is -0.727. The van der Waals surface area contributed by atoms with Crippen molar-refractivity contribution in [1.29, 1.82) is 0 Å². The highest BCUT2D eigenvalue weighted by molar-refractivity contribution is 5.95. The molecule has 1 aliphatic rings. The van der Waals surface area contributed by atoms with Crippen LogP contribution in [-0.2, 0) is 4.74 Å². The van der Waals surface area contributed by atoms with Crippen molar-refractivity contribution < 1.29 is 23.5 Å². The Morgan fingerprint density at radius 3 is 2.41 bits per heavy atom. The third kappa shape index (κ3) is 7.13. The van der Waals surface area contributed by atoms with E-state index >= 15 is 0 Å². The molecular formula is C25H33FN4O4. The predicted molar refractivity (Wildman–Crippen MR) is 126 cm³/mol. The molecule has 1 saturated heterocycles. The maximum atomic E-state index is 14.4. The van der Waals surface area contributed by atoms with Gasteiger partial charge in [-0.25, -0.2) is 19.2 Å². The number of hydrogen-bond acceptors (Lipinski definition) is 6. The van der Waals surface area contributed by atoms with Gasteiger partial charge in [-0.1, -0.05) is 13.0 Å². The number of nitrogens with one attached hydrogen (secondary N) is 1. The van der Waals surface area contributed by atoms with Crippen molar-refractivity contribution >= 4 is 12.0 Å². The van der Waals surface area contributed by atoms with E-state index in [1.807, 2.05) is 27.7 Å². The van der Waals surface area contributed by atoms with Crippen LogP contribution in [0.5, 0.6) is 6.01 Å². The van der Waals surface area contributed by atoms with Crippen molar-refractivity contribution in [2.45, 2.75) is 52.6 Å². The number of rotatable bonds is 7. The van der Waals surface area contributed by atoms with Crippen LogP contribution in [0.2, 0.25) is 0 Å². The SMILES string of the molecule is CCCNC(=O)c1ccc(-c2cnc(OCC3CCN(C(=O)OC(C)(C)C)CC3)nc2)cc1F. The first-order valence-corrected chi connectivity index (χ1v) is 11.7. The van der Waals surface area contributed by atoms with Gasteiger partial charge in [-0.15, -0.1) is 0 Å². The summed E-state index contributed by atoms with van der Waals surface area (Å²) in [6, 6.07) is 4.68. The second kappa shape index (κ2) is 11.3. The summed E-state index contributed by atoms with van der Waals surface area (Å²) in [4.78, 5) is 34.4. The van der Waals surface area contributed by atoms with Crippen molar-refractivity contribution in [1.82, 2.24) is 20.2 Å². The van der Waals surface area contributed by atoms with Crippen LogP contribution in [0.25, 0.3) is 11.1 Å². The third-order valence-electron chi connectivity index (χ3n) is 5.43. The van der Waals surface area contributed by atoms with Gasteiger partial charge in [-0.3, -0.25) is 4.79 Å². The van der Waals surface area contributed by atoms with Crippen LogP contribution in [0.3, 0.4) is 0 Å². The monoisotopic (exact) mass is 472 g/mol. The minimum atomic E-state index is -0.593. The lowest BCUT2D eigenvalue weighted by molar-refractivity contribution is 0.0163. The van der Waals surface area contributed by atoms with Gasteiger partial charge >= 0.3 is 12.1 Å². The molecule has 2 amide bonds. The van der Waals surface area contributed by atoms with Crippen LogP contribution in [-0.4, -0.2) is 58.7 Å². The number of hydrogen-bond donors (Lipinski definition) is 1. The molecule has 34 heavy (non-hydrogen) atoms. The zero-order valence-corrected chi connectivity index (χ0v) is 20.3. The fourth-order valence-corrected chi connectivity index (χ4v) is 3.55. The molecule has 184 valence electrons. The molecule has 1 aliphatic heterocycles. The summed E-state index contributed by atoms with van der Waals surface area (Å²) in [7, 11) is 0. The second-order valence-electron chi connectivity index (χ2n) is 9.43. The molecule has 1 fully saturated rings. The highest BCUT2D eigenvalue weighted by atomic mass is 19.1. The number of nitrogens with zero attached hydrogens (tertiary/aromatic N) is 3. The summed E-state index contributed by atoms with van der Waals surface area (Å²) >= 11 is 0. The number of aromatic nitrogens is 2. The van der Waals surface area contributed by atoms with Crippen LogP contribution >= 0.6 is 0 Å². The van der Waals surface area contributed by atoms with Crippen LogP contribution in [0, 0.1) is 11.7 Å². The number of likely N-dealkylation sites (tertiary alicyclic amines) is 1. The van der Waals surface area contributed by atoms with E-state index in [2.05, 4.69) is 15.3 Å². The Balaban J connectivity index is 1.50. The van der Waals surface area contributed by atoms with Crippen LogP contribution in [0.4, 0.5) is 9.18 Å². The first-order valence-electron chi connectivity index (χ1n) is 11.7. The molecule has 2 aromatic rings. The standard InChI is InChI=1S/C25H33FN4O4/c1-5-10-27-22(31)20-7-6-18(13-21(20)26)19-14-28-23(29-15-19)33-16-17-8-11-30(12-9-17)24(32)34-25(2,3)4/h6-7,13-15,17H,5,8-12,16H2,1-4H3,(H,27,31). The van der Waals surface area contributed by atoms with Crippen molar-refractivity contribution in [3.05, 3.63) is 42.0 Å². The van der Waals surface area contributed by atoms with E-state index in [9.17, 15) is 14.0 Å². The van der Waals surface area contributed by atoms with Crippen molar-refractivity contribution in [2.75, 3.05) is 26.2 Å². The summed E-state index contributed by atoms with van der Waals surface area (Å²) in [6.07, 6.45) is 5.27. The lowest BCUT2D eigenvalue weighted by atomic mass is 9.98. The molecule has 0 aliphatic carbocycles. The predicted octanol–water partition coefficient (Wildman–Crippen LogP) is 4.45. The molecule has 2 heterocycles. The highest BCUT2D eigenvalue weighted by Gasteiger charge is 2.27. The summed E-state index contributed by atoms with van der Waals surface area (Å²) in [5.41, 5.74) is 0.705. The topological polar surface area (TPSA) is 93.7 Å². The highest BCUT2D eigenvalue weighted by Crippen LogP contribution is 2.23. The summed E-state index contributed by atoms with van der Waals surface area (Å²) in [5, 5.41) is 2.67. The maximum absolute atomic E-state index is 14.4. The van der Waals surface area contributed by atoms with Gasteiger partial charge < -0.3 is 19.7 Å². The van der Waals surface area contributed by atoms with Crippen molar-refractivity contribution in [3.8, 4) is 17.1 Å². The Kier molecular flexibility index (Phi) is 8.41. The van der Waals surface area contributed by atoms with E-state index in [1.165, 1.54) is 12.1 Å². The molecular weight excluding hydrogens is 439 g/mol. The number of carbonyl (C=O) groups excluding carboxylic acids is 2. The van der Waals surface area contributed by atoms with Gasteiger partial charge in [-0.2, -0.15) is 0 Å². The Hall–Kier alpha value is -3.23. The Morgan fingerprint density at radius 2 is 1.82 bits per heavy atom. The lowest BCUT2D eigenvalue weighted by Gasteiger charge is -2.33. The van der Waals surface area contributed by atoms with E-state index in [0.717, 1.165) is 19.3 Å². The fourth-order valence-electron chi connectivity index (χ4n) is 3.55. The normalized spacial score (nSPS) is 14.6. The molecule has 9 heteroatoms. The van der Waals surface area contributed by atoms with E-state index in [-0.39, 0.29) is 17.7 Å². The molecule has 3 rings (SSSR count). The number of halogens is 1. The van der Waals surface area contributed by atoms with Gasteiger partial charge in [0, 0.05) is 37.6 Å². The maximum Gasteiger partial charge on any atom is 0.410 e. The molecule has 0 saturated carbocycles. The molecule has 0 spiro atoms. The van der Waals surface area contributed by atoms with Gasteiger partial charge in [0.1, 0.15) is 11.4 Å². The molecule has 1 N–H and O–H groups in total. The summed E-state index contributed by atoms with van der Waals surface area (Å²) in [6.45, 7) is 9.71. The molecule has 1 aromatic carbocycles. The Morgan fingerprint density at radius 1 is 1.15 bits per heavy atom. The number of amides is 2. The number of carbonyl (C=O) groups is 2. The third-order valence-corrected chi connectivity index (χ3v) is 5.43. The van der Waals surface area contributed by atoms with E-state index in [4.69, 9.17) is 9.47 Å². The number of benzene rings is 1. The second-order valence-corrected chi connectivity index (χ2v) is 9.43. The molecule has 1 aromatic heterocycles. The van der Waals surface area contributed by atoms with E-state index in [1.54, 1.807) is 23.4 Å². The molecule has 0 unspecified atom stereocenters. The zero-order chi connectivity index (χ0) is 24.7. The smallest absolute Gasteiger partial charge is 0.410 e. The zero-order valence-electron chi connectivity index (χ0n) is 20.3. The first kappa shape index (κ1) is 25.4. The Bertz CT molecular complexity index is 983. The van der Waals surface area contributed by atoms with E-state index in [0.29, 0.717) is 43.3 Å². The van der Waals surface area contributed by atoms with Crippen LogP contribution in [0.15, 0.2) is 30.6 Å². The van der Waals surface area contributed by atoms with Gasteiger partial charge in [0.2, 0.25) is 0 Å². The van der Waals surface area contributed by atoms with Gasteiger partial charge in [-0.05, 0) is 63.6 Å². The fraction of sp³-hybridized carbons (Fsp3) is 0.520. The average molecular weight is 473 g/mol. The van der Waals surface area contributed by atoms with E-state index < -0.39 is 17.3 Å². The van der Waals surface area contributed by atoms with Crippen LogP contribution < -0.4 is 10.1 Å². The minimum Gasteiger partial charge on any atom is -0.463 e.